The van der Waals surface area contributed by atoms with Crippen molar-refractivity contribution in [3.8, 4) is 0 Å². The molecule has 7 amide bonds. The van der Waals surface area contributed by atoms with Crippen LogP contribution in [0.4, 0.5) is 23.0 Å². The maximum absolute atomic E-state index is 13.2. The first-order chi connectivity index (χ1) is 33.4. The third-order valence-corrected chi connectivity index (χ3v) is 11.1. The topological polar surface area (TPSA) is 286 Å². The van der Waals surface area contributed by atoms with Crippen molar-refractivity contribution in [2.75, 3.05) is 88.2 Å². The largest absolute Gasteiger partial charge is 0.351 e. The van der Waals surface area contributed by atoms with Crippen LogP contribution in [0, 0.1) is 0 Å². The molecule has 0 aliphatic carbocycles. The molecule has 0 aliphatic heterocycles. The van der Waals surface area contributed by atoms with Crippen molar-refractivity contribution < 1.29 is 33.6 Å². The quantitative estimate of drug-likeness (QED) is 0.0333. The van der Waals surface area contributed by atoms with Crippen molar-refractivity contribution in [1.82, 2.24) is 68.9 Å². The van der Waals surface area contributed by atoms with Gasteiger partial charge >= 0.3 is 0 Å². The number of aromatic nitrogens is 8. The van der Waals surface area contributed by atoms with Crippen LogP contribution in [0.1, 0.15) is 80.1 Å². The minimum absolute atomic E-state index is 0.0131. The zero-order chi connectivity index (χ0) is 50.9. The van der Waals surface area contributed by atoms with Gasteiger partial charge in [0.15, 0.2) is 17.5 Å². The van der Waals surface area contributed by atoms with Gasteiger partial charge in [-0.05, 0) is 58.7 Å². The summed E-state index contributed by atoms with van der Waals surface area (Å²) in [7, 11) is 14.2. The summed E-state index contributed by atoms with van der Waals surface area (Å²) in [6.07, 6.45) is 11.6. The van der Waals surface area contributed by atoms with E-state index in [2.05, 4.69) is 69.4 Å². The second-order valence-electron chi connectivity index (χ2n) is 16.9. The van der Waals surface area contributed by atoms with E-state index in [9.17, 15) is 33.6 Å². The number of carbonyl (C=O) groups is 7. The molecule has 0 atom stereocenters. The monoisotopic (exact) mass is 971 g/mol. The van der Waals surface area contributed by atoms with E-state index < -0.39 is 29.5 Å². The molecule has 5 aromatic rings. The normalized spacial score (nSPS) is 11.1. The zero-order valence-electron chi connectivity index (χ0n) is 41.1. The number of nitrogens with one attached hydrogen (secondary N) is 8. The van der Waals surface area contributed by atoms with E-state index in [4.69, 9.17) is 0 Å². The SMILES string of the molecule is CNCCCN(C)CCCN(C)C(=O)CCNC(=O)c1nc(NC(=O)CCNCc2cc(NC(=O)c3nc(NC(=O)CCNC(=O)c4cc(NC(=O)c5nccn5C)cn4C)cn3C)cn2C)cn1C. The van der Waals surface area contributed by atoms with Crippen molar-refractivity contribution in [2.45, 2.75) is 38.6 Å². The van der Waals surface area contributed by atoms with E-state index in [1.807, 2.05) is 18.7 Å². The number of rotatable bonds is 27. The molecule has 0 unspecified atom stereocenters. The van der Waals surface area contributed by atoms with Gasteiger partial charge in [0.25, 0.3) is 23.6 Å². The third-order valence-electron chi connectivity index (χ3n) is 11.1. The van der Waals surface area contributed by atoms with Gasteiger partial charge in [-0.2, -0.15) is 0 Å². The lowest BCUT2D eigenvalue weighted by Gasteiger charge is -2.20. The van der Waals surface area contributed by atoms with Crippen LogP contribution < -0.4 is 42.5 Å². The maximum Gasteiger partial charge on any atom is 0.291 e. The summed E-state index contributed by atoms with van der Waals surface area (Å²) in [6.45, 7) is 4.35. The number of amides is 7. The highest BCUT2D eigenvalue weighted by Crippen LogP contribution is 2.17. The van der Waals surface area contributed by atoms with Gasteiger partial charge in [-0.15, -0.1) is 0 Å². The second kappa shape index (κ2) is 25.6. The fourth-order valence-electron chi connectivity index (χ4n) is 7.25. The summed E-state index contributed by atoms with van der Waals surface area (Å²) >= 11 is 0. The molecular formula is C45H66N18O7. The zero-order valence-corrected chi connectivity index (χ0v) is 41.1. The van der Waals surface area contributed by atoms with Gasteiger partial charge < -0.3 is 75.2 Å². The predicted molar refractivity (Wildman–Crippen MR) is 262 cm³/mol. The van der Waals surface area contributed by atoms with E-state index in [0.717, 1.165) is 38.2 Å². The number of aryl methyl sites for hydroxylation is 5. The molecule has 70 heavy (non-hydrogen) atoms. The van der Waals surface area contributed by atoms with Crippen LogP contribution in [0.3, 0.4) is 0 Å². The van der Waals surface area contributed by atoms with Gasteiger partial charge in [0.05, 0.1) is 11.4 Å². The van der Waals surface area contributed by atoms with Crippen molar-refractivity contribution in [2.24, 2.45) is 35.2 Å². The minimum Gasteiger partial charge on any atom is -0.351 e. The number of nitrogens with zero attached hydrogens (tertiary/aromatic N) is 10. The van der Waals surface area contributed by atoms with E-state index in [-0.39, 0.29) is 79.0 Å². The first-order valence-electron chi connectivity index (χ1n) is 22.8. The van der Waals surface area contributed by atoms with Crippen LogP contribution in [0.15, 0.2) is 49.3 Å². The lowest BCUT2D eigenvalue weighted by atomic mass is 10.3. The van der Waals surface area contributed by atoms with E-state index in [0.29, 0.717) is 31.0 Å². The Kier molecular flexibility index (Phi) is 19.5. The number of hydrogen-bond donors (Lipinski definition) is 8. The van der Waals surface area contributed by atoms with E-state index in [1.165, 1.54) is 27.6 Å². The molecule has 5 heterocycles. The summed E-state index contributed by atoms with van der Waals surface area (Å²) in [5.41, 5.74) is 2.01. The fraction of sp³-hybridized carbons (Fsp3) is 0.467. The highest BCUT2D eigenvalue weighted by atomic mass is 16.2. The predicted octanol–water partition coefficient (Wildman–Crippen LogP) is 0.455. The first kappa shape index (κ1) is 53.3. The Bertz CT molecular complexity index is 2620. The average molecular weight is 971 g/mol. The maximum atomic E-state index is 13.2. The number of imidazole rings is 3. The Hall–Kier alpha value is -7.64. The Morgan fingerprint density at radius 3 is 1.79 bits per heavy atom. The van der Waals surface area contributed by atoms with Crippen molar-refractivity contribution in [3.05, 3.63) is 78.2 Å². The van der Waals surface area contributed by atoms with Crippen molar-refractivity contribution >= 4 is 64.4 Å². The Morgan fingerprint density at radius 1 is 0.571 bits per heavy atom. The van der Waals surface area contributed by atoms with Gasteiger partial charge in [-0.25, -0.2) is 15.0 Å². The molecule has 0 aliphatic rings. The lowest BCUT2D eigenvalue weighted by Crippen LogP contribution is -2.34. The van der Waals surface area contributed by atoms with Crippen LogP contribution in [0.2, 0.25) is 0 Å². The summed E-state index contributed by atoms with van der Waals surface area (Å²) < 4.78 is 7.94. The molecule has 25 nitrogen and oxygen atoms in total. The lowest BCUT2D eigenvalue weighted by molar-refractivity contribution is -0.129. The second-order valence-corrected chi connectivity index (χ2v) is 16.9. The average Bonchev–Trinajstić information content (AvgIpc) is 4.14. The molecule has 0 bridgehead atoms. The van der Waals surface area contributed by atoms with Crippen LogP contribution >= 0.6 is 0 Å². The summed E-state index contributed by atoms with van der Waals surface area (Å²) in [6, 6.07) is 3.30. The minimum atomic E-state index is -0.510. The van der Waals surface area contributed by atoms with Crippen molar-refractivity contribution in [3.63, 3.8) is 0 Å². The van der Waals surface area contributed by atoms with Crippen LogP contribution in [0.5, 0.6) is 0 Å². The molecule has 0 radical (unpaired) electrons. The van der Waals surface area contributed by atoms with E-state index in [1.54, 1.807) is 80.1 Å². The van der Waals surface area contributed by atoms with E-state index >= 15 is 0 Å². The first-order valence-corrected chi connectivity index (χ1v) is 22.8. The molecule has 378 valence electrons. The standard InChI is InChI=1S/C45H66N18O7/c1-46-14-9-19-57(2)20-10-21-58(3)38(66)13-17-50-43(68)40-55-34(28-62(40)7)53-36(64)11-15-47-25-32-23-30(26-60(32)5)51-45(70)41-56-35(29-63(41)8)54-37(65)12-16-49-42(67)33-24-31(27-61(33)6)52-44(69)39-48-18-22-59(39)4/h18,22-24,26-29,46-47H,9-17,19-21,25H2,1-8H3,(H,49,67)(H,50,68)(H,51,70)(H,52,69)(H,53,64)(H,54,65). The van der Waals surface area contributed by atoms with Gasteiger partial charge in [0, 0.05) is 137 Å². The number of hydrogen-bond acceptors (Lipinski definition) is 13. The molecule has 5 aromatic heterocycles. The molecule has 25 heteroatoms. The highest BCUT2D eigenvalue weighted by molar-refractivity contribution is 6.04. The van der Waals surface area contributed by atoms with Gasteiger partial charge in [-0.1, -0.05) is 0 Å². The summed E-state index contributed by atoms with van der Waals surface area (Å²) in [5, 5.41) is 22.7. The highest BCUT2D eigenvalue weighted by Gasteiger charge is 2.20. The number of carbonyl (C=O) groups excluding carboxylic acids is 7. The van der Waals surface area contributed by atoms with Crippen LogP contribution in [0.25, 0.3) is 0 Å². The molecule has 0 fully saturated rings. The van der Waals surface area contributed by atoms with Gasteiger partial charge in [-0.3, -0.25) is 33.6 Å². The number of anilines is 4. The molecule has 0 saturated carbocycles. The third kappa shape index (κ3) is 15.7. The van der Waals surface area contributed by atoms with Crippen molar-refractivity contribution in [1.29, 1.82) is 0 Å². The van der Waals surface area contributed by atoms with Crippen LogP contribution in [-0.2, 0) is 56.2 Å². The Labute approximate surface area is 406 Å². The molecule has 0 spiro atoms. The van der Waals surface area contributed by atoms with Gasteiger partial charge in [0.1, 0.15) is 5.69 Å². The summed E-state index contributed by atoms with van der Waals surface area (Å²) in [4.78, 5) is 106. The summed E-state index contributed by atoms with van der Waals surface area (Å²) in [5.74, 6) is -1.91. The van der Waals surface area contributed by atoms with Gasteiger partial charge in [0.2, 0.25) is 29.4 Å². The smallest absolute Gasteiger partial charge is 0.291 e. The molecule has 8 N–H and O–H groups in total. The molecular weight excluding hydrogens is 905 g/mol. The Morgan fingerprint density at radius 2 is 1.14 bits per heavy atom. The molecule has 5 rings (SSSR count). The fourth-order valence-corrected chi connectivity index (χ4v) is 7.25. The molecule has 0 aromatic carbocycles. The Balaban J connectivity index is 0.971. The van der Waals surface area contributed by atoms with Crippen LogP contribution in [-0.4, -0.2) is 156 Å². The molecule has 0 saturated heterocycles.